The van der Waals surface area contributed by atoms with E-state index < -0.39 is 0 Å². The molecule has 0 saturated carbocycles. The van der Waals surface area contributed by atoms with Gasteiger partial charge >= 0.3 is 93.5 Å². The summed E-state index contributed by atoms with van der Waals surface area (Å²) in [6.45, 7) is 8.94. The first-order chi connectivity index (χ1) is 6.76. The molecule has 0 amide bonds. The molecule has 0 aliphatic carbocycles. The molecule has 14 heavy (non-hydrogen) atoms. The minimum atomic E-state index is 0.611. The van der Waals surface area contributed by atoms with Gasteiger partial charge in [0.2, 0.25) is 0 Å². The van der Waals surface area contributed by atoms with Crippen molar-refractivity contribution in [1.29, 1.82) is 0 Å². The molecular weight excluding hydrogens is 237 g/mol. The Morgan fingerprint density at radius 3 is 2.14 bits per heavy atom. The summed E-state index contributed by atoms with van der Waals surface area (Å²) in [4.78, 5) is 2.49. The van der Waals surface area contributed by atoms with Crippen LogP contribution in [-0.2, 0) is 0 Å². The van der Waals surface area contributed by atoms with E-state index in [4.69, 9.17) is 0 Å². The molecule has 0 heterocycles. The molecule has 0 bridgehead atoms. The van der Waals surface area contributed by atoms with Gasteiger partial charge in [-0.05, 0) is 0 Å². The quantitative estimate of drug-likeness (QED) is 0.724. The SMILES string of the molecule is CCN(CC)C[Se]c1ccc(C)cc1. The van der Waals surface area contributed by atoms with Gasteiger partial charge in [-0.25, -0.2) is 0 Å². The topological polar surface area (TPSA) is 3.24 Å². The first-order valence-electron chi connectivity index (χ1n) is 5.18. The van der Waals surface area contributed by atoms with Gasteiger partial charge in [-0.15, -0.1) is 0 Å². The number of hydrogen-bond acceptors (Lipinski definition) is 1. The van der Waals surface area contributed by atoms with Crippen LogP contribution in [0.1, 0.15) is 19.4 Å². The maximum absolute atomic E-state index is 2.49. The van der Waals surface area contributed by atoms with E-state index in [1.165, 1.54) is 28.6 Å². The third-order valence-corrected chi connectivity index (χ3v) is 4.64. The van der Waals surface area contributed by atoms with Gasteiger partial charge in [0, 0.05) is 0 Å². The van der Waals surface area contributed by atoms with Crippen molar-refractivity contribution in [2.24, 2.45) is 0 Å². The Balaban J connectivity index is 2.41. The summed E-state index contributed by atoms with van der Waals surface area (Å²) in [6, 6.07) is 8.94. The fraction of sp³-hybridized carbons (Fsp3) is 0.500. The van der Waals surface area contributed by atoms with Crippen LogP contribution in [0.15, 0.2) is 24.3 Å². The second kappa shape index (κ2) is 6.23. The van der Waals surface area contributed by atoms with E-state index in [9.17, 15) is 0 Å². The zero-order valence-corrected chi connectivity index (χ0v) is 11.0. The Hall–Kier alpha value is -0.301. The van der Waals surface area contributed by atoms with E-state index in [2.05, 4.69) is 49.9 Å². The molecule has 0 fully saturated rings. The van der Waals surface area contributed by atoms with Gasteiger partial charge in [0.05, 0.1) is 0 Å². The summed E-state index contributed by atoms with van der Waals surface area (Å²) in [5.41, 5.74) is 2.59. The zero-order valence-electron chi connectivity index (χ0n) is 9.29. The van der Waals surface area contributed by atoms with Crippen LogP contribution in [0.25, 0.3) is 0 Å². The fourth-order valence-corrected chi connectivity index (χ4v) is 3.36. The van der Waals surface area contributed by atoms with E-state index in [0.29, 0.717) is 15.0 Å². The summed E-state index contributed by atoms with van der Waals surface area (Å²) in [5.74, 6) is 0. The van der Waals surface area contributed by atoms with E-state index in [0.717, 1.165) is 0 Å². The van der Waals surface area contributed by atoms with Crippen molar-refractivity contribution in [2.75, 3.05) is 18.5 Å². The number of benzene rings is 1. The Kier molecular flexibility index (Phi) is 5.24. The van der Waals surface area contributed by atoms with Crippen molar-refractivity contribution in [3.63, 3.8) is 0 Å². The van der Waals surface area contributed by atoms with Gasteiger partial charge in [-0.1, -0.05) is 0 Å². The van der Waals surface area contributed by atoms with Crippen LogP contribution < -0.4 is 4.46 Å². The first-order valence-corrected chi connectivity index (χ1v) is 7.24. The van der Waals surface area contributed by atoms with Gasteiger partial charge in [0.25, 0.3) is 0 Å². The van der Waals surface area contributed by atoms with Crippen LogP contribution in [0.5, 0.6) is 0 Å². The molecule has 0 aromatic heterocycles. The summed E-state index contributed by atoms with van der Waals surface area (Å²) in [5, 5.41) is 0. The van der Waals surface area contributed by atoms with Crippen molar-refractivity contribution in [3.8, 4) is 0 Å². The molecule has 0 N–H and O–H groups in total. The van der Waals surface area contributed by atoms with E-state index in [-0.39, 0.29) is 0 Å². The second-order valence-corrected chi connectivity index (χ2v) is 5.53. The van der Waals surface area contributed by atoms with Crippen molar-refractivity contribution < 1.29 is 0 Å². The predicted molar refractivity (Wildman–Crippen MR) is 64.4 cm³/mol. The van der Waals surface area contributed by atoms with Crippen molar-refractivity contribution in [2.45, 2.75) is 20.8 Å². The number of nitrogens with zero attached hydrogens (tertiary/aromatic N) is 1. The van der Waals surface area contributed by atoms with Crippen LogP contribution in [0.3, 0.4) is 0 Å². The Morgan fingerprint density at radius 2 is 1.64 bits per heavy atom. The molecule has 78 valence electrons. The predicted octanol–water partition coefficient (Wildman–Crippen LogP) is 1.62. The molecule has 0 aliphatic heterocycles. The molecule has 0 saturated heterocycles. The van der Waals surface area contributed by atoms with Crippen molar-refractivity contribution in [1.82, 2.24) is 4.90 Å². The maximum atomic E-state index is 2.49. The summed E-state index contributed by atoms with van der Waals surface area (Å²) in [7, 11) is 0. The normalized spacial score (nSPS) is 10.9. The van der Waals surface area contributed by atoms with Crippen LogP contribution in [0.2, 0.25) is 0 Å². The van der Waals surface area contributed by atoms with Gasteiger partial charge in [-0.3, -0.25) is 0 Å². The number of rotatable bonds is 5. The molecule has 2 heteroatoms. The van der Waals surface area contributed by atoms with Gasteiger partial charge in [-0.2, -0.15) is 0 Å². The molecule has 1 nitrogen and oxygen atoms in total. The summed E-state index contributed by atoms with van der Waals surface area (Å²) in [6.07, 6.45) is 0. The average Bonchev–Trinajstić information content (AvgIpc) is 2.22. The minimum absolute atomic E-state index is 0.611. The standard InChI is InChI=1S/C12H19NSe/c1-4-13(5-2)10-14-12-8-6-11(3)7-9-12/h6-9H,4-5,10H2,1-3H3. The Bertz CT molecular complexity index is 252. The Labute approximate surface area is 93.7 Å². The summed E-state index contributed by atoms with van der Waals surface area (Å²) >= 11 is 0.611. The van der Waals surface area contributed by atoms with E-state index >= 15 is 0 Å². The third-order valence-electron chi connectivity index (χ3n) is 2.33. The van der Waals surface area contributed by atoms with Gasteiger partial charge < -0.3 is 0 Å². The third kappa shape index (κ3) is 3.83. The molecule has 1 rings (SSSR count). The van der Waals surface area contributed by atoms with Crippen LogP contribution in [0.4, 0.5) is 0 Å². The second-order valence-electron chi connectivity index (χ2n) is 3.39. The molecule has 0 spiro atoms. The van der Waals surface area contributed by atoms with Gasteiger partial charge in [0.1, 0.15) is 0 Å². The van der Waals surface area contributed by atoms with E-state index in [1.54, 1.807) is 0 Å². The first kappa shape index (κ1) is 11.8. The van der Waals surface area contributed by atoms with Crippen molar-refractivity contribution >= 4 is 19.4 Å². The number of hydrogen-bond donors (Lipinski definition) is 0. The molecule has 0 aliphatic rings. The summed E-state index contributed by atoms with van der Waals surface area (Å²) < 4.78 is 1.51. The molecule has 0 atom stereocenters. The molecule has 0 unspecified atom stereocenters. The van der Waals surface area contributed by atoms with Crippen LogP contribution >= 0.6 is 0 Å². The molecule has 1 aromatic rings. The number of aryl methyl sites for hydroxylation is 1. The van der Waals surface area contributed by atoms with Gasteiger partial charge in [0.15, 0.2) is 0 Å². The van der Waals surface area contributed by atoms with Crippen molar-refractivity contribution in [3.05, 3.63) is 29.8 Å². The molecular formula is C12H19NSe. The fourth-order valence-electron chi connectivity index (χ4n) is 1.21. The van der Waals surface area contributed by atoms with Crippen LogP contribution in [-0.4, -0.2) is 38.4 Å². The average molecular weight is 256 g/mol. The van der Waals surface area contributed by atoms with E-state index in [1.807, 2.05) is 0 Å². The molecule has 1 aromatic carbocycles. The zero-order chi connectivity index (χ0) is 10.4. The molecule has 0 radical (unpaired) electrons. The monoisotopic (exact) mass is 257 g/mol. The Morgan fingerprint density at radius 1 is 1.07 bits per heavy atom. The van der Waals surface area contributed by atoms with Crippen LogP contribution in [0, 0.1) is 6.92 Å².